The summed E-state index contributed by atoms with van der Waals surface area (Å²) in [6.07, 6.45) is 1.33. The SMILES string of the molecule is COc1ccc(-c2cc(OCC(=O)O)ncn2)cc1. The fourth-order valence-corrected chi connectivity index (χ4v) is 1.47. The molecule has 1 aromatic heterocycles. The number of carbonyl (C=O) groups is 1. The zero-order chi connectivity index (χ0) is 13.7. The van der Waals surface area contributed by atoms with Crippen LogP contribution < -0.4 is 9.47 Å². The van der Waals surface area contributed by atoms with Crippen molar-refractivity contribution in [3.05, 3.63) is 36.7 Å². The number of aromatic nitrogens is 2. The van der Waals surface area contributed by atoms with E-state index < -0.39 is 12.6 Å². The summed E-state index contributed by atoms with van der Waals surface area (Å²) in [5.74, 6) is -0.0759. The van der Waals surface area contributed by atoms with Gasteiger partial charge < -0.3 is 14.6 Å². The van der Waals surface area contributed by atoms with E-state index in [1.165, 1.54) is 6.33 Å². The molecule has 0 spiro atoms. The van der Waals surface area contributed by atoms with Crippen LogP contribution in [0.5, 0.6) is 11.6 Å². The van der Waals surface area contributed by atoms with Gasteiger partial charge in [-0.15, -0.1) is 0 Å². The van der Waals surface area contributed by atoms with E-state index in [0.717, 1.165) is 11.3 Å². The molecule has 2 aromatic rings. The third kappa shape index (κ3) is 3.41. The first-order valence-corrected chi connectivity index (χ1v) is 5.50. The van der Waals surface area contributed by atoms with E-state index in [1.807, 2.05) is 24.3 Å². The Morgan fingerprint density at radius 2 is 2.00 bits per heavy atom. The Hall–Kier alpha value is -2.63. The van der Waals surface area contributed by atoms with Crippen LogP contribution in [-0.4, -0.2) is 34.8 Å². The molecule has 6 nitrogen and oxygen atoms in total. The molecule has 6 heteroatoms. The largest absolute Gasteiger partial charge is 0.497 e. The van der Waals surface area contributed by atoms with Crippen molar-refractivity contribution in [1.82, 2.24) is 9.97 Å². The number of rotatable bonds is 5. The molecule has 0 amide bonds. The van der Waals surface area contributed by atoms with Gasteiger partial charge in [0.05, 0.1) is 12.8 Å². The van der Waals surface area contributed by atoms with Gasteiger partial charge in [0.15, 0.2) is 6.61 Å². The number of hydrogen-bond donors (Lipinski definition) is 1. The van der Waals surface area contributed by atoms with Gasteiger partial charge in [0.2, 0.25) is 5.88 Å². The van der Waals surface area contributed by atoms with Gasteiger partial charge in [-0.05, 0) is 24.3 Å². The van der Waals surface area contributed by atoms with Gasteiger partial charge in [-0.3, -0.25) is 0 Å². The highest BCUT2D eigenvalue weighted by Crippen LogP contribution is 2.22. The molecule has 0 aliphatic heterocycles. The smallest absolute Gasteiger partial charge is 0.341 e. The maximum atomic E-state index is 10.4. The first-order valence-electron chi connectivity index (χ1n) is 5.50. The van der Waals surface area contributed by atoms with Crippen molar-refractivity contribution in [2.75, 3.05) is 13.7 Å². The summed E-state index contributed by atoms with van der Waals surface area (Å²) in [4.78, 5) is 18.4. The summed E-state index contributed by atoms with van der Waals surface area (Å²) in [5, 5.41) is 8.54. The molecule has 1 aromatic carbocycles. The van der Waals surface area contributed by atoms with Crippen molar-refractivity contribution in [3.63, 3.8) is 0 Å². The number of aliphatic carboxylic acids is 1. The highest BCUT2D eigenvalue weighted by atomic mass is 16.5. The highest BCUT2D eigenvalue weighted by molar-refractivity contribution is 5.68. The highest BCUT2D eigenvalue weighted by Gasteiger charge is 2.05. The Labute approximate surface area is 109 Å². The Bertz CT molecular complexity index is 569. The number of ether oxygens (including phenoxy) is 2. The van der Waals surface area contributed by atoms with Gasteiger partial charge in [0, 0.05) is 11.6 Å². The van der Waals surface area contributed by atoms with Gasteiger partial charge in [-0.1, -0.05) is 0 Å². The van der Waals surface area contributed by atoms with Crippen LogP contribution in [0.2, 0.25) is 0 Å². The molecule has 0 saturated carbocycles. The molecule has 0 fully saturated rings. The Balaban J connectivity index is 2.19. The molecular formula is C13H12N2O4. The maximum Gasteiger partial charge on any atom is 0.341 e. The molecule has 2 rings (SSSR count). The fraction of sp³-hybridized carbons (Fsp3) is 0.154. The minimum atomic E-state index is -1.05. The van der Waals surface area contributed by atoms with E-state index >= 15 is 0 Å². The van der Waals surface area contributed by atoms with E-state index in [1.54, 1.807) is 13.2 Å². The molecule has 98 valence electrons. The summed E-state index contributed by atoms with van der Waals surface area (Å²) >= 11 is 0. The second-order valence-electron chi connectivity index (χ2n) is 3.65. The molecule has 0 atom stereocenters. The van der Waals surface area contributed by atoms with Gasteiger partial charge >= 0.3 is 5.97 Å². The average molecular weight is 260 g/mol. The van der Waals surface area contributed by atoms with Crippen molar-refractivity contribution in [2.45, 2.75) is 0 Å². The van der Waals surface area contributed by atoms with Crippen LogP contribution >= 0.6 is 0 Å². The Morgan fingerprint density at radius 1 is 1.26 bits per heavy atom. The molecule has 19 heavy (non-hydrogen) atoms. The summed E-state index contributed by atoms with van der Waals surface area (Å²) < 4.78 is 10.1. The lowest BCUT2D eigenvalue weighted by molar-refractivity contribution is -0.139. The lowest BCUT2D eigenvalue weighted by Gasteiger charge is -2.05. The normalized spacial score (nSPS) is 9.95. The van der Waals surface area contributed by atoms with Gasteiger partial charge in [-0.25, -0.2) is 14.8 Å². The molecule has 0 aliphatic rings. The van der Waals surface area contributed by atoms with Crippen LogP contribution in [-0.2, 0) is 4.79 Å². The molecule has 1 heterocycles. The molecule has 0 saturated heterocycles. The minimum absolute atomic E-state index is 0.225. The topological polar surface area (TPSA) is 81.5 Å². The third-order valence-electron chi connectivity index (χ3n) is 2.37. The first-order chi connectivity index (χ1) is 9.19. The summed E-state index contributed by atoms with van der Waals surface area (Å²) in [7, 11) is 1.59. The lowest BCUT2D eigenvalue weighted by Crippen LogP contribution is -2.10. The first kappa shape index (κ1) is 12.8. The molecular weight excluding hydrogens is 248 g/mol. The maximum absolute atomic E-state index is 10.4. The number of benzene rings is 1. The van der Waals surface area contributed by atoms with E-state index in [4.69, 9.17) is 14.6 Å². The van der Waals surface area contributed by atoms with Crippen molar-refractivity contribution in [1.29, 1.82) is 0 Å². The van der Waals surface area contributed by atoms with Gasteiger partial charge in [0.1, 0.15) is 12.1 Å². The van der Waals surface area contributed by atoms with E-state index in [-0.39, 0.29) is 5.88 Å². The second-order valence-corrected chi connectivity index (χ2v) is 3.65. The van der Waals surface area contributed by atoms with Crippen LogP contribution in [0.15, 0.2) is 36.7 Å². The van der Waals surface area contributed by atoms with Crippen molar-refractivity contribution in [2.24, 2.45) is 0 Å². The van der Waals surface area contributed by atoms with Crippen molar-refractivity contribution >= 4 is 5.97 Å². The summed E-state index contributed by atoms with van der Waals surface area (Å²) in [6.45, 7) is -0.431. The van der Waals surface area contributed by atoms with E-state index in [2.05, 4.69) is 9.97 Å². The fourth-order valence-electron chi connectivity index (χ4n) is 1.47. The van der Waals surface area contributed by atoms with E-state index in [9.17, 15) is 4.79 Å². The van der Waals surface area contributed by atoms with Gasteiger partial charge in [0.25, 0.3) is 0 Å². The third-order valence-corrected chi connectivity index (χ3v) is 2.37. The predicted molar refractivity (Wildman–Crippen MR) is 67.2 cm³/mol. The Morgan fingerprint density at radius 3 is 2.63 bits per heavy atom. The van der Waals surface area contributed by atoms with Crippen LogP contribution in [0.4, 0.5) is 0 Å². The second kappa shape index (κ2) is 5.81. The number of methoxy groups -OCH3 is 1. The van der Waals surface area contributed by atoms with E-state index in [0.29, 0.717) is 5.69 Å². The summed E-state index contributed by atoms with van der Waals surface area (Å²) in [6, 6.07) is 8.92. The minimum Gasteiger partial charge on any atom is -0.497 e. The monoisotopic (exact) mass is 260 g/mol. The molecule has 0 bridgehead atoms. The Kier molecular flexibility index (Phi) is 3.92. The van der Waals surface area contributed by atoms with Crippen molar-refractivity contribution < 1.29 is 19.4 Å². The molecule has 0 unspecified atom stereocenters. The van der Waals surface area contributed by atoms with Crippen LogP contribution in [0.1, 0.15) is 0 Å². The number of nitrogens with zero attached hydrogens (tertiary/aromatic N) is 2. The average Bonchev–Trinajstić information content (AvgIpc) is 2.45. The molecule has 1 N–H and O–H groups in total. The predicted octanol–water partition coefficient (Wildman–Crippen LogP) is 1.62. The van der Waals surface area contributed by atoms with Crippen LogP contribution in [0.3, 0.4) is 0 Å². The van der Waals surface area contributed by atoms with Crippen molar-refractivity contribution in [3.8, 4) is 22.9 Å². The lowest BCUT2D eigenvalue weighted by atomic mass is 10.1. The quantitative estimate of drug-likeness (QED) is 0.879. The zero-order valence-corrected chi connectivity index (χ0v) is 10.2. The zero-order valence-electron chi connectivity index (χ0n) is 10.2. The molecule has 0 aliphatic carbocycles. The summed E-state index contributed by atoms with van der Waals surface area (Å²) in [5.41, 5.74) is 1.52. The van der Waals surface area contributed by atoms with Crippen LogP contribution in [0, 0.1) is 0 Å². The standard InChI is InChI=1S/C13H12N2O4/c1-18-10-4-2-9(3-5-10)11-6-12(15-8-14-11)19-7-13(16)17/h2-6,8H,7H2,1H3,(H,16,17). The van der Waals surface area contributed by atoms with Gasteiger partial charge in [-0.2, -0.15) is 0 Å². The number of hydrogen-bond acceptors (Lipinski definition) is 5. The number of carboxylic acids is 1. The molecule has 0 radical (unpaired) electrons. The number of carboxylic acid groups (broad SMARTS) is 1. The van der Waals surface area contributed by atoms with Crippen LogP contribution in [0.25, 0.3) is 11.3 Å².